The van der Waals surface area contributed by atoms with E-state index in [-0.39, 0.29) is 19.4 Å². The zero-order valence-corrected chi connectivity index (χ0v) is 13.0. The molecule has 0 rings (SSSR count). The molecule has 0 aliphatic heterocycles. The van der Waals surface area contributed by atoms with Gasteiger partial charge in [-0.2, -0.15) is 0 Å². The van der Waals surface area contributed by atoms with Crippen molar-refractivity contribution in [3.8, 4) is 0 Å². The Morgan fingerprint density at radius 3 is 1.76 bits per heavy atom. The average Bonchev–Trinajstić information content (AvgIpc) is 2.40. The Kier molecular flexibility index (Phi) is 6.53. The molecular weight excluding hydrogens is 280 g/mol. The lowest BCUT2D eigenvalue weighted by Gasteiger charge is -2.30. The summed E-state index contributed by atoms with van der Waals surface area (Å²) in [6, 6.07) is 0. The number of ether oxygens (including phenoxy) is 2. The molecule has 1 atom stereocenters. The minimum Gasteiger partial charge on any atom is -0.480 e. The summed E-state index contributed by atoms with van der Waals surface area (Å²) in [5.74, 6) is -4.23. The second-order valence-electron chi connectivity index (χ2n) is 4.79. The smallest absolute Gasteiger partial charge is 0.358 e. The molecule has 1 unspecified atom stereocenters. The summed E-state index contributed by atoms with van der Waals surface area (Å²) in [7, 11) is 0. The van der Waals surface area contributed by atoms with Gasteiger partial charge < -0.3 is 14.6 Å². The van der Waals surface area contributed by atoms with E-state index in [0.717, 1.165) is 13.8 Å². The molecule has 0 aromatic carbocycles. The second kappa shape index (κ2) is 7.19. The topological polar surface area (TPSA) is 107 Å². The first kappa shape index (κ1) is 19.1. The van der Waals surface area contributed by atoms with E-state index in [2.05, 4.69) is 0 Å². The summed E-state index contributed by atoms with van der Waals surface area (Å²) in [5, 5.41) is 9.27. The molecule has 0 aliphatic carbocycles. The summed E-state index contributed by atoms with van der Waals surface area (Å²) in [5.41, 5.74) is -3.93. The number of carbonyl (C=O) groups is 4. The van der Waals surface area contributed by atoms with Gasteiger partial charge in [-0.3, -0.25) is 14.4 Å². The molecule has 0 saturated heterocycles. The van der Waals surface area contributed by atoms with Gasteiger partial charge in [0.15, 0.2) is 11.2 Å². The Morgan fingerprint density at radius 2 is 1.48 bits per heavy atom. The number of carboxylic acids is 1. The van der Waals surface area contributed by atoms with Gasteiger partial charge in [-0.25, -0.2) is 4.79 Å². The fourth-order valence-corrected chi connectivity index (χ4v) is 1.74. The van der Waals surface area contributed by atoms with Crippen LogP contribution in [0.2, 0.25) is 0 Å². The van der Waals surface area contributed by atoms with Crippen molar-refractivity contribution in [2.45, 2.75) is 53.1 Å². The molecule has 0 aromatic heterocycles. The number of hydrogen-bond acceptors (Lipinski definition) is 6. The van der Waals surface area contributed by atoms with Crippen LogP contribution in [-0.2, 0) is 28.7 Å². The van der Waals surface area contributed by atoms with Gasteiger partial charge in [0.25, 0.3) is 5.60 Å². The van der Waals surface area contributed by atoms with Gasteiger partial charge in [0.2, 0.25) is 0 Å². The molecule has 0 aromatic rings. The van der Waals surface area contributed by atoms with E-state index in [9.17, 15) is 24.3 Å². The molecule has 120 valence electrons. The Bertz CT molecular complexity index is 437. The maximum Gasteiger partial charge on any atom is 0.358 e. The third-order valence-corrected chi connectivity index (χ3v) is 3.64. The predicted molar refractivity (Wildman–Crippen MR) is 72.5 cm³/mol. The number of ketones is 1. The second-order valence-corrected chi connectivity index (χ2v) is 4.79. The van der Waals surface area contributed by atoms with Crippen LogP contribution >= 0.6 is 0 Å². The van der Waals surface area contributed by atoms with E-state index in [1.165, 1.54) is 13.8 Å². The van der Waals surface area contributed by atoms with Crippen molar-refractivity contribution in [2.75, 3.05) is 6.61 Å². The number of aliphatic carboxylic acids is 1. The van der Waals surface area contributed by atoms with E-state index in [0.29, 0.717) is 0 Å². The van der Waals surface area contributed by atoms with E-state index in [4.69, 9.17) is 9.47 Å². The third kappa shape index (κ3) is 3.59. The lowest BCUT2D eigenvalue weighted by atomic mass is 9.82. The molecule has 0 amide bonds. The molecule has 0 aliphatic rings. The zero-order chi connectivity index (χ0) is 16.8. The minimum atomic E-state index is -2.14. The molecule has 7 heteroatoms. The van der Waals surface area contributed by atoms with Crippen LogP contribution in [0.5, 0.6) is 0 Å². The molecule has 1 N–H and O–H groups in total. The van der Waals surface area contributed by atoms with Crippen LogP contribution in [-0.4, -0.2) is 41.0 Å². The lowest BCUT2D eigenvalue weighted by Crippen LogP contribution is -2.52. The first-order valence-electron chi connectivity index (χ1n) is 6.77. The lowest BCUT2D eigenvalue weighted by molar-refractivity contribution is -0.193. The highest BCUT2D eigenvalue weighted by atomic mass is 16.6. The fourth-order valence-electron chi connectivity index (χ4n) is 1.74. The van der Waals surface area contributed by atoms with Crippen molar-refractivity contribution in [1.82, 2.24) is 0 Å². The highest BCUT2D eigenvalue weighted by molar-refractivity contribution is 6.09. The van der Waals surface area contributed by atoms with E-state index in [1.54, 1.807) is 6.92 Å². The van der Waals surface area contributed by atoms with Gasteiger partial charge in [-0.15, -0.1) is 0 Å². The molecule has 0 heterocycles. The first-order valence-corrected chi connectivity index (χ1v) is 6.77. The molecule has 21 heavy (non-hydrogen) atoms. The van der Waals surface area contributed by atoms with Crippen LogP contribution in [0.4, 0.5) is 0 Å². The number of carbonyl (C=O) groups excluding carboxylic acids is 3. The van der Waals surface area contributed by atoms with Crippen LogP contribution < -0.4 is 0 Å². The van der Waals surface area contributed by atoms with Gasteiger partial charge >= 0.3 is 17.9 Å². The number of esters is 2. The van der Waals surface area contributed by atoms with Gasteiger partial charge in [0.1, 0.15) is 0 Å². The fraction of sp³-hybridized carbons (Fsp3) is 0.714. The van der Waals surface area contributed by atoms with Crippen molar-refractivity contribution in [3.05, 3.63) is 0 Å². The zero-order valence-electron chi connectivity index (χ0n) is 13.0. The van der Waals surface area contributed by atoms with Crippen LogP contribution in [0.1, 0.15) is 47.5 Å². The van der Waals surface area contributed by atoms with Gasteiger partial charge in [0, 0.05) is 0 Å². The molecule has 0 radical (unpaired) electrons. The summed E-state index contributed by atoms with van der Waals surface area (Å²) >= 11 is 0. The third-order valence-electron chi connectivity index (χ3n) is 3.64. The molecule has 0 spiro atoms. The normalized spacial score (nSPS) is 14.0. The van der Waals surface area contributed by atoms with E-state index < -0.39 is 34.7 Å². The van der Waals surface area contributed by atoms with E-state index in [1.807, 2.05) is 0 Å². The van der Waals surface area contributed by atoms with Crippen LogP contribution in [0.25, 0.3) is 0 Å². The highest BCUT2D eigenvalue weighted by Crippen LogP contribution is 2.31. The Labute approximate surface area is 123 Å². The maximum atomic E-state index is 12.2. The molecule has 7 nitrogen and oxygen atoms in total. The molecule has 0 bridgehead atoms. The summed E-state index contributed by atoms with van der Waals surface area (Å²) in [6.07, 6.45) is -0.0387. The molecular formula is C14H22O7. The Balaban J connectivity index is 5.55. The summed E-state index contributed by atoms with van der Waals surface area (Å²) in [4.78, 5) is 47.1. The Morgan fingerprint density at radius 1 is 1.00 bits per heavy atom. The monoisotopic (exact) mass is 302 g/mol. The average molecular weight is 302 g/mol. The van der Waals surface area contributed by atoms with Gasteiger partial charge in [0.05, 0.1) is 6.61 Å². The SMILES string of the molecule is CCOC(=O)C(C)(OC(=O)C(CC)(CC)C(=O)O)C(C)=O. The number of Topliss-reactive ketones (excluding diaryl/α,β-unsaturated/α-hetero) is 1. The van der Waals surface area contributed by atoms with Crippen molar-refractivity contribution in [3.63, 3.8) is 0 Å². The highest BCUT2D eigenvalue weighted by Gasteiger charge is 2.51. The Hall–Kier alpha value is -1.92. The minimum absolute atomic E-state index is 0.00484. The van der Waals surface area contributed by atoms with Crippen LogP contribution in [0.3, 0.4) is 0 Å². The first-order chi connectivity index (χ1) is 9.62. The largest absolute Gasteiger partial charge is 0.480 e. The van der Waals surface area contributed by atoms with Crippen molar-refractivity contribution in [2.24, 2.45) is 5.41 Å². The maximum absolute atomic E-state index is 12.2. The van der Waals surface area contributed by atoms with E-state index >= 15 is 0 Å². The quantitative estimate of drug-likeness (QED) is 0.532. The van der Waals surface area contributed by atoms with Gasteiger partial charge in [-0.05, 0) is 33.6 Å². The number of rotatable bonds is 8. The summed E-state index contributed by atoms with van der Waals surface area (Å²) in [6.45, 7) is 6.77. The van der Waals surface area contributed by atoms with Crippen LogP contribution in [0.15, 0.2) is 0 Å². The number of hydrogen-bond donors (Lipinski definition) is 1. The van der Waals surface area contributed by atoms with Crippen molar-refractivity contribution < 1.29 is 33.8 Å². The standard InChI is InChI=1S/C14H22O7/c1-6-14(7-2,10(16)17)12(19)21-13(5,9(4)15)11(18)20-8-3/h6-8H2,1-5H3,(H,16,17). The van der Waals surface area contributed by atoms with Crippen molar-refractivity contribution >= 4 is 23.7 Å². The molecule has 0 saturated carbocycles. The van der Waals surface area contributed by atoms with Gasteiger partial charge in [-0.1, -0.05) is 13.8 Å². The molecule has 0 fully saturated rings. The predicted octanol–water partition coefficient (Wildman–Crippen LogP) is 1.33. The summed E-state index contributed by atoms with van der Waals surface area (Å²) < 4.78 is 9.70. The van der Waals surface area contributed by atoms with Crippen molar-refractivity contribution in [1.29, 1.82) is 0 Å². The number of carboxylic acid groups (broad SMARTS) is 1. The van der Waals surface area contributed by atoms with Crippen LogP contribution in [0, 0.1) is 5.41 Å².